The van der Waals surface area contributed by atoms with Gasteiger partial charge in [0, 0.05) is 0 Å². The molecule has 3 amide bonds. The van der Waals surface area contributed by atoms with Crippen molar-refractivity contribution in [2.75, 3.05) is 19.7 Å². The van der Waals surface area contributed by atoms with Crippen molar-refractivity contribution in [1.29, 1.82) is 0 Å². The van der Waals surface area contributed by atoms with E-state index in [-0.39, 0.29) is 25.8 Å². The van der Waals surface area contributed by atoms with Crippen molar-refractivity contribution >= 4 is 17.7 Å². The normalized spacial score (nSPS) is 10.2. The van der Waals surface area contributed by atoms with Crippen molar-refractivity contribution in [2.24, 2.45) is 11.5 Å². The topological polar surface area (TPSA) is 116 Å². The van der Waals surface area contributed by atoms with Gasteiger partial charge in [0.15, 0.2) is 0 Å². The van der Waals surface area contributed by atoms with E-state index in [0.29, 0.717) is 0 Å². The van der Waals surface area contributed by atoms with Crippen LogP contribution in [0.4, 0.5) is 0 Å². The van der Waals surface area contributed by atoms with Gasteiger partial charge in [-0.15, -0.1) is 0 Å². The Labute approximate surface area is 93.7 Å². The lowest BCUT2D eigenvalue weighted by Crippen LogP contribution is -2.45. The number of hydrogen-bond donors (Lipinski definition) is 2. The van der Waals surface area contributed by atoms with Crippen molar-refractivity contribution in [3.05, 3.63) is 0 Å². The van der Waals surface area contributed by atoms with E-state index < -0.39 is 17.7 Å². The average molecular weight is 231 g/mol. The summed E-state index contributed by atoms with van der Waals surface area (Å²) in [4.78, 5) is 33.8. The quantitative estimate of drug-likeness (QED) is 0.538. The number of nitrogens with zero attached hydrogens (tertiary/aromatic N) is 1. The second-order valence-corrected chi connectivity index (χ2v) is 3.54. The molecule has 0 saturated heterocycles. The Balaban J connectivity index is 4.31. The molecule has 0 aromatic carbocycles. The highest BCUT2D eigenvalue weighted by Crippen LogP contribution is 1.94. The monoisotopic (exact) mass is 231 g/mol. The van der Waals surface area contributed by atoms with Gasteiger partial charge in [0.05, 0.1) is 19.2 Å². The molecule has 0 bridgehead atoms. The van der Waals surface area contributed by atoms with E-state index >= 15 is 0 Å². The molecule has 0 radical (unpaired) electrons. The lowest BCUT2D eigenvalue weighted by molar-refractivity contribution is -0.142. The Morgan fingerprint density at radius 3 is 1.88 bits per heavy atom. The summed E-state index contributed by atoms with van der Waals surface area (Å²) in [5, 5.41) is 0. The Hall–Kier alpha value is -1.63. The fraction of sp³-hybridized carbons (Fsp3) is 0.667. The highest BCUT2D eigenvalue weighted by atomic mass is 16.5. The van der Waals surface area contributed by atoms with E-state index in [1.165, 1.54) is 0 Å². The van der Waals surface area contributed by atoms with Gasteiger partial charge in [0.25, 0.3) is 0 Å². The summed E-state index contributed by atoms with van der Waals surface area (Å²) >= 11 is 0. The third-order valence-corrected chi connectivity index (χ3v) is 1.59. The molecule has 0 aliphatic heterocycles. The lowest BCUT2D eigenvalue weighted by Gasteiger charge is -2.19. The molecule has 0 fully saturated rings. The predicted octanol–water partition coefficient (Wildman–Crippen LogP) is -1.79. The molecular formula is C9H17N3O4. The van der Waals surface area contributed by atoms with Crippen LogP contribution in [0.5, 0.6) is 0 Å². The maximum absolute atomic E-state index is 11.5. The van der Waals surface area contributed by atoms with Gasteiger partial charge < -0.3 is 21.1 Å². The Morgan fingerprint density at radius 1 is 1.12 bits per heavy atom. The number of ether oxygens (including phenoxy) is 1. The molecule has 7 nitrogen and oxygen atoms in total. The number of hydrogen-bond acceptors (Lipinski definition) is 4. The van der Waals surface area contributed by atoms with Crippen LogP contribution < -0.4 is 11.5 Å². The van der Waals surface area contributed by atoms with Crippen molar-refractivity contribution in [3.63, 3.8) is 0 Å². The van der Waals surface area contributed by atoms with Crippen LogP contribution in [0, 0.1) is 0 Å². The van der Waals surface area contributed by atoms with Crippen LogP contribution in [0.1, 0.15) is 13.8 Å². The summed E-state index contributed by atoms with van der Waals surface area (Å²) in [6, 6.07) is 0. The summed E-state index contributed by atoms with van der Waals surface area (Å²) in [6.45, 7) is 2.63. The van der Waals surface area contributed by atoms with Gasteiger partial charge in [-0.2, -0.15) is 0 Å². The molecule has 0 atom stereocenters. The van der Waals surface area contributed by atoms with Gasteiger partial charge in [-0.1, -0.05) is 0 Å². The maximum atomic E-state index is 11.5. The molecule has 4 N–H and O–H groups in total. The van der Waals surface area contributed by atoms with Gasteiger partial charge in [-0.25, -0.2) is 0 Å². The van der Waals surface area contributed by atoms with Crippen LogP contribution >= 0.6 is 0 Å². The van der Waals surface area contributed by atoms with Gasteiger partial charge >= 0.3 is 0 Å². The van der Waals surface area contributed by atoms with E-state index in [2.05, 4.69) is 0 Å². The average Bonchev–Trinajstić information content (AvgIpc) is 2.11. The van der Waals surface area contributed by atoms with Crippen molar-refractivity contribution < 1.29 is 19.1 Å². The van der Waals surface area contributed by atoms with Crippen molar-refractivity contribution in [1.82, 2.24) is 4.90 Å². The standard InChI is InChI=1S/C9H17N3O4/c1-6(2)16-5-9(15)12(3-7(10)13)4-8(11)14/h6H,3-5H2,1-2H3,(H2,10,13)(H2,11,14). The zero-order valence-corrected chi connectivity index (χ0v) is 9.43. The zero-order chi connectivity index (χ0) is 12.7. The van der Waals surface area contributed by atoms with Gasteiger partial charge in [0.2, 0.25) is 17.7 Å². The molecule has 7 heteroatoms. The number of primary amides is 2. The number of carbonyl (C=O) groups excluding carboxylic acids is 3. The molecule has 0 aromatic rings. The first kappa shape index (κ1) is 14.4. The maximum Gasteiger partial charge on any atom is 0.249 e. The third-order valence-electron chi connectivity index (χ3n) is 1.59. The molecule has 0 aliphatic carbocycles. The Bertz CT molecular complexity index is 262. The third kappa shape index (κ3) is 6.77. The molecule has 0 aromatic heterocycles. The van der Waals surface area contributed by atoms with Gasteiger partial charge in [-0.05, 0) is 13.8 Å². The summed E-state index contributed by atoms with van der Waals surface area (Å²) in [5.41, 5.74) is 9.87. The highest BCUT2D eigenvalue weighted by molar-refractivity contribution is 5.88. The van der Waals surface area contributed by atoms with Crippen molar-refractivity contribution in [2.45, 2.75) is 20.0 Å². The van der Waals surface area contributed by atoms with E-state index in [9.17, 15) is 14.4 Å². The SMILES string of the molecule is CC(C)OCC(=O)N(CC(N)=O)CC(N)=O. The minimum atomic E-state index is -0.709. The van der Waals surface area contributed by atoms with Crippen molar-refractivity contribution in [3.8, 4) is 0 Å². The molecule has 0 rings (SSSR count). The molecule has 0 spiro atoms. The zero-order valence-electron chi connectivity index (χ0n) is 9.43. The smallest absolute Gasteiger partial charge is 0.249 e. The van der Waals surface area contributed by atoms with E-state index in [1.54, 1.807) is 13.8 Å². The van der Waals surface area contributed by atoms with Crippen LogP contribution in [0.25, 0.3) is 0 Å². The fourth-order valence-electron chi connectivity index (χ4n) is 0.938. The highest BCUT2D eigenvalue weighted by Gasteiger charge is 2.18. The summed E-state index contributed by atoms with van der Waals surface area (Å²) in [6.07, 6.45) is -0.118. The lowest BCUT2D eigenvalue weighted by atomic mass is 10.4. The second-order valence-electron chi connectivity index (χ2n) is 3.54. The molecule has 0 unspecified atom stereocenters. The van der Waals surface area contributed by atoms with Crippen LogP contribution in [-0.2, 0) is 19.1 Å². The second kappa shape index (κ2) is 6.78. The van der Waals surface area contributed by atoms with Gasteiger partial charge in [0.1, 0.15) is 6.61 Å². The first-order chi connectivity index (χ1) is 7.32. The molecule has 0 heterocycles. The summed E-state index contributed by atoms with van der Waals surface area (Å²) in [7, 11) is 0. The fourth-order valence-corrected chi connectivity index (χ4v) is 0.938. The largest absolute Gasteiger partial charge is 0.369 e. The molecular weight excluding hydrogens is 214 g/mol. The summed E-state index contributed by atoms with van der Waals surface area (Å²) in [5.74, 6) is -1.91. The van der Waals surface area contributed by atoms with Gasteiger partial charge in [-0.3, -0.25) is 14.4 Å². The molecule has 16 heavy (non-hydrogen) atoms. The number of nitrogens with two attached hydrogens (primary N) is 2. The van der Waals surface area contributed by atoms with Crippen LogP contribution in [-0.4, -0.2) is 48.4 Å². The molecule has 0 aliphatic rings. The minimum absolute atomic E-state index is 0.118. The number of rotatable bonds is 7. The molecule has 92 valence electrons. The predicted molar refractivity (Wildman–Crippen MR) is 56.1 cm³/mol. The number of carbonyl (C=O) groups is 3. The summed E-state index contributed by atoms with van der Waals surface area (Å²) < 4.78 is 5.05. The van der Waals surface area contributed by atoms with E-state index in [0.717, 1.165) is 4.90 Å². The van der Waals surface area contributed by atoms with E-state index in [1.807, 2.05) is 0 Å². The minimum Gasteiger partial charge on any atom is -0.369 e. The Kier molecular flexibility index (Phi) is 6.09. The van der Waals surface area contributed by atoms with Crippen LogP contribution in [0.15, 0.2) is 0 Å². The number of amides is 3. The molecule has 0 saturated carbocycles. The van der Waals surface area contributed by atoms with Crippen LogP contribution in [0.2, 0.25) is 0 Å². The Morgan fingerprint density at radius 2 is 1.56 bits per heavy atom. The first-order valence-corrected chi connectivity index (χ1v) is 4.79. The van der Waals surface area contributed by atoms with Crippen LogP contribution in [0.3, 0.4) is 0 Å². The first-order valence-electron chi connectivity index (χ1n) is 4.79. The van der Waals surface area contributed by atoms with E-state index in [4.69, 9.17) is 16.2 Å².